The highest BCUT2D eigenvalue weighted by molar-refractivity contribution is 5.70. The number of aromatic nitrogens is 3. The third-order valence-corrected chi connectivity index (χ3v) is 3.60. The smallest absolute Gasteiger partial charge is 0.177 e. The molecule has 0 radical (unpaired) electrons. The fourth-order valence-electron chi connectivity index (χ4n) is 2.45. The Kier molecular flexibility index (Phi) is 3.01. The van der Waals surface area contributed by atoms with E-state index in [1.54, 1.807) is 0 Å². The van der Waals surface area contributed by atoms with Crippen molar-refractivity contribution in [3.8, 4) is 0 Å². The van der Waals surface area contributed by atoms with Crippen LogP contribution < -0.4 is 5.32 Å². The summed E-state index contributed by atoms with van der Waals surface area (Å²) < 4.78 is 0. The van der Waals surface area contributed by atoms with Crippen LogP contribution in [0.5, 0.6) is 0 Å². The molecule has 0 saturated carbocycles. The van der Waals surface area contributed by atoms with Crippen LogP contribution in [-0.4, -0.2) is 46.0 Å². The number of imidazole rings is 1. The molecule has 96 valence electrons. The first-order valence-electron chi connectivity index (χ1n) is 6.52. The minimum Gasteiger partial charge on any atom is -0.339 e. The maximum atomic E-state index is 4.62. The quantitative estimate of drug-likeness (QED) is 0.835. The zero-order valence-electron chi connectivity index (χ0n) is 10.9. The topological polar surface area (TPSA) is 56.8 Å². The number of H-pyrrole nitrogens is 1. The van der Waals surface area contributed by atoms with Gasteiger partial charge in [-0.15, -0.1) is 0 Å². The lowest BCUT2D eigenvalue weighted by Gasteiger charge is -2.31. The van der Waals surface area contributed by atoms with E-state index in [4.69, 9.17) is 0 Å². The van der Waals surface area contributed by atoms with E-state index in [1.807, 2.05) is 13.0 Å². The molecule has 1 fully saturated rings. The standard InChI is InChI=1S/C13H19N5/c1-9-3-4-11-13(15-9)17-12(16-11)10(2)18-7-5-14-6-8-18/h3-4,10,14H,5-8H2,1-2H3,(H,15,16,17). The molecule has 2 aromatic heterocycles. The number of aryl methyl sites for hydroxylation is 1. The molecule has 1 unspecified atom stereocenters. The highest BCUT2D eigenvalue weighted by Gasteiger charge is 2.20. The fourth-order valence-corrected chi connectivity index (χ4v) is 2.45. The van der Waals surface area contributed by atoms with Crippen LogP contribution in [0.3, 0.4) is 0 Å². The van der Waals surface area contributed by atoms with Crippen LogP contribution in [0, 0.1) is 6.92 Å². The monoisotopic (exact) mass is 245 g/mol. The van der Waals surface area contributed by atoms with Crippen molar-refractivity contribution >= 4 is 11.2 Å². The summed E-state index contributed by atoms with van der Waals surface area (Å²) in [4.78, 5) is 14.9. The van der Waals surface area contributed by atoms with Gasteiger partial charge in [-0.05, 0) is 26.0 Å². The van der Waals surface area contributed by atoms with Crippen molar-refractivity contribution < 1.29 is 0 Å². The highest BCUT2D eigenvalue weighted by atomic mass is 15.2. The number of hydrogen-bond donors (Lipinski definition) is 2. The lowest BCUT2D eigenvalue weighted by molar-refractivity contribution is 0.180. The molecule has 0 aliphatic carbocycles. The number of hydrogen-bond acceptors (Lipinski definition) is 4. The first-order chi connectivity index (χ1) is 8.74. The summed E-state index contributed by atoms with van der Waals surface area (Å²) in [6.07, 6.45) is 0. The summed E-state index contributed by atoms with van der Waals surface area (Å²) in [6, 6.07) is 4.39. The summed E-state index contributed by atoms with van der Waals surface area (Å²) in [5.41, 5.74) is 2.86. The number of fused-ring (bicyclic) bond motifs is 1. The third-order valence-electron chi connectivity index (χ3n) is 3.60. The second-order valence-electron chi connectivity index (χ2n) is 4.91. The van der Waals surface area contributed by atoms with Crippen molar-refractivity contribution in [2.75, 3.05) is 26.2 Å². The Balaban J connectivity index is 1.88. The van der Waals surface area contributed by atoms with E-state index in [2.05, 4.69) is 38.2 Å². The Hall–Kier alpha value is -1.46. The lowest BCUT2D eigenvalue weighted by Crippen LogP contribution is -2.44. The normalized spacial score (nSPS) is 19.2. The van der Waals surface area contributed by atoms with E-state index in [0.29, 0.717) is 6.04 Å². The molecule has 2 aromatic rings. The van der Waals surface area contributed by atoms with E-state index in [1.165, 1.54) is 0 Å². The first-order valence-corrected chi connectivity index (χ1v) is 6.52. The predicted octanol–water partition coefficient (Wildman–Crippen LogP) is 1.23. The van der Waals surface area contributed by atoms with E-state index in [-0.39, 0.29) is 0 Å². The van der Waals surface area contributed by atoms with Gasteiger partial charge >= 0.3 is 0 Å². The molecule has 2 N–H and O–H groups in total. The molecule has 0 bridgehead atoms. The van der Waals surface area contributed by atoms with Gasteiger partial charge in [0.2, 0.25) is 0 Å². The van der Waals surface area contributed by atoms with Gasteiger partial charge in [-0.25, -0.2) is 9.97 Å². The molecule has 1 aliphatic heterocycles. The molecule has 3 heterocycles. The first kappa shape index (κ1) is 11.6. The Bertz CT molecular complexity index is 541. The Labute approximate surface area is 107 Å². The number of rotatable bonds is 2. The fraction of sp³-hybridized carbons (Fsp3) is 0.538. The van der Waals surface area contributed by atoms with Crippen molar-refractivity contribution in [3.05, 3.63) is 23.7 Å². The van der Waals surface area contributed by atoms with Crippen LogP contribution in [0.15, 0.2) is 12.1 Å². The zero-order chi connectivity index (χ0) is 12.5. The highest BCUT2D eigenvalue weighted by Crippen LogP contribution is 2.20. The second-order valence-corrected chi connectivity index (χ2v) is 4.91. The molecule has 5 nitrogen and oxygen atoms in total. The van der Waals surface area contributed by atoms with Crippen LogP contribution in [0.1, 0.15) is 24.5 Å². The molecule has 5 heteroatoms. The molecule has 0 aromatic carbocycles. The van der Waals surface area contributed by atoms with Gasteiger partial charge < -0.3 is 10.3 Å². The summed E-state index contributed by atoms with van der Waals surface area (Å²) in [5, 5.41) is 3.37. The van der Waals surface area contributed by atoms with E-state index >= 15 is 0 Å². The van der Waals surface area contributed by atoms with Crippen molar-refractivity contribution in [3.63, 3.8) is 0 Å². The number of nitrogens with zero attached hydrogens (tertiary/aromatic N) is 3. The average Bonchev–Trinajstić information content (AvgIpc) is 2.81. The number of nitrogens with one attached hydrogen (secondary N) is 2. The van der Waals surface area contributed by atoms with Gasteiger partial charge in [0.25, 0.3) is 0 Å². The average molecular weight is 245 g/mol. The third kappa shape index (κ3) is 2.11. The van der Waals surface area contributed by atoms with Crippen LogP contribution >= 0.6 is 0 Å². The van der Waals surface area contributed by atoms with Crippen molar-refractivity contribution in [2.45, 2.75) is 19.9 Å². The van der Waals surface area contributed by atoms with Gasteiger partial charge in [0, 0.05) is 31.9 Å². The summed E-state index contributed by atoms with van der Waals surface area (Å²) >= 11 is 0. The van der Waals surface area contributed by atoms with Gasteiger partial charge in [-0.1, -0.05) is 0 Å². The maximum Gasteiger partial charge on any atom is 0.177 e. The maximum absolute atomic E-state index is 4.62. The van der Waals surface area contributed by atoms with Crippen LogP contribution in [0.4, 0.5) is 0 Å². The Morgan fingerprint density at radius 1 is 1.22 bits per heavy atom. The van der Waals surface area contributed by atoms with E-state index in [9.17, 15) is 0 Å². The van der Waals surface area contributed by atoms with Gasteiger partial charge in [0.15, 0.2) is 5.65 Å². The summed E-state index contributed by atoms with van der Waals surface area (Å²) in [7, 11) is 0. The van der Waals surface area contributed by atoms with Crippen LogP contribution in [0.2, 0.25) is 0 Å². The number of aromatic amines is 1. The van der Waals surface area contributed by atoms with Gasteiger partial charge in [0.1, 0.15) is 5.82 Å². The second kappa shape index (κ2) is 4.66. The lowest BCUT2D eigenvalue weighted by atomic mass is 10.2. The molecule has 0 amide bonds. The molecule has 1 saturated heterocycles. The van der Waals surface area contributed by atoms with E-state index in [0.717, 1.165) is 48.9 Å². The molecule has 1 atom stereocenters. The largest absolute Gasteiger partial charge is 0.339 e. The molecule has 18 heavy (non-hydrogen) atoms. The Morgan fingerprint density at radius 3 is 2.78 bits per heavy atom. The minimum atomic E-state index is 0.321. The van der Waals surface area contributed by atoms with Gasteiger partial charge in [0.05, 0.1) is 11.6 Å². The van der Waals surface area contributed by atoms with Crippen molar-refractivity contribution in [1.29, 1.82) is 0 Å². The van der Waals surface area contributed by atoms with Gasteiger partial charge in [-0.2, -0.15) is 0 Å². The Morgan fingerprint density at radius 2 is 2.00 bits per heavy atom. The minimum absolute atomic E-state index is 0.321. The van der Waals surface area contributed by atoms with Crippen LogP contribution in [-0.2, 0) is 0 Å². The molecule has 1 aliphatic rings. The summed E-state index contributed by atoms with van der Waals surface area (Å²) in [5.74, 6) is 1.02. The number of pyridine rings is 1. The molecule has 3 rings (SSSR count). The molecule has 0 spiro atoms. The van der Waals surface area contributed by atoms with E-state index < -0.39 is 0 Å². The number of piperazine rings is 1. The zero-order valence-corrected chi connectivity index (χ0v) is 10.9. The van der Waals surface area contributed by atoms with Crippen molar-refractivity contribution in [2.24, 2.45) is 0 Å². The van der Waals surface area contributed by atoms with Gasteiger partial charge in [-0.3, -0.25) is 4.90 Å². The molecular formula is C13H19N5. The predicted molar refractivity (Wildman–Crippen MR) is 71.5 cm³/mol. The van der Waals surface area contributed by atoms with Crippen molar-refractivity contribution in [1.82, 2.24) is 25.2 Å². The van der Waals surface area contributed by atoms with Crippen LogP contribution in [0.25, 0.3) is 11.2 Å². The SMILES string of the molecule is Cc1ccc2[nH]c(C(C)N3CCNCC3)nc2n1. The molecular weight excluding hydrogens is 226 g/mol. The summed E-state index contributed by atoms with van der Waals surface area (Å²) in [6.45, 7) is 8.46.